The Bertz CT molecular complexity index is 470. The minimum atomic E-state index is -0.897. The van der Waals surface area contributed by atoms with Gasteiger partial charge in [0.25, 0.3) is 5.91 Å². The summed E-state index contributed by atoms with van der Waals surface area (Å²) < 4.78 is 0.856. The Morgan fingerprint density at radius 2 is 1.84 bits per heavy atom. The lowest BCUT2D eigenvalue weighted by atomic mass is 9.88. The van der Waals surface area contributed by atoms with Crippen molar-refractivity contribution in [2.45, 2.75) is 38.6 Å². The maximum absolute atomic E-state index is 12.3. The predicted molar refractivity (Wildman–Crippen MR) is 82.2 cm³/mol. The van der Waals surface area contributed by atoms with Gasteiger partial charge in [0.05, 0.1) is 17.5 Å². The summed E-state index contributed by atoms with van der Waals surface area (Å²) in [6, 6.07) is 7.26. The number of aliphatic carboxylic acids is 1. The zero-order valence-electron chi connectivity index (χ0n) is 11.1. The molecule has 104 valence electrons. The predicted octanol–water partition coefficient (Wildman–Crippen LogP) is 3.05. The summed E-state index contributed by atoms with van der Waals surface area (Å²) >= 11 is 2.10. The molecule has 0 radical (unpaired) electrons. The van der Waals surface area contributed by atoms with Crippen LogP contribution >= 0.6 is 22.6 Å². The van der Waals surface area contributed by atoms with E-state index in [1.165, 1.54) is 0 Å². The number of carboxylic acids is 1. The quantitative estimate of drug-likeness (QED) is 0.752. The van der Waals surface area contributed by atoms with E-state index >= 15 is 0 Å². The fourth-order valence-electron chi connectivity index (χ4n) is 1.96. The lowest BCUT2D eigenvalue weighted by molar-refractivity contribution is -0.138. The fourth-order valence-corrected chi connectivity index (χ4v) is 2.60. The number of hydrogen-bond acceptors (Lipinski definition) is 2. The fraction of sp³-hybridized carbons (Fsp3) is 0.429. The average Bonchev–Trinajstić information content (AvgIpc) is 2.37. The first-order valence-electron chi connectivity index (χ1n) is 6.23. The molecule has 0 unspecified atom stereocenters. The maximum Gasteiger partial charge on any atom is 0.305 e. The second-order valence-electron chi connectivity index (χ2n) is 4.49. The molecule has 0 fully saturated rings. The Labute approximate surface area is 126 Å². The highest BCUT2D eigenvalue weighted by molar-refractivity contribution is 14.1. The van der Waals surface area contributed by atoms with E-state index < -0.39 is 11.5 Å². The van der Waals surface area contributed by atoms with Crippen molar-refractivity contribution >= 4 is 34.5 Å². The van der Waals surface area contributed by atoms with Crippen LogP contribution in [0, 0.1) is 3.57 Å². The van der Waals surface area contributed by atoms with E-state index in [1.807, 2.05) is 26.0 Å². The van der Waals surface area contributed by atoms with Crippen LogP contribution in [0.1, 0.15) is 43.5 Å². The van der Waals surface area contributed by atoms with Crippen LogP contribution in [-0.2, 0) is 4.79 Å². The van der Waals surface area contributed by atoms with E-state index in [4.69, 9.17) is 5.11 Å². The van der Waals surface area contributed by atoms with Gasteiger partial charge in [-0.3, -0.25) is 9.59 Å². The van der Waals surface area contributed by atoms with Gasteiger partial charge in [-0.2, -0.15) is 0 Å². The van der Waals surface area contributed by atoms with Crippen LogP contribution in [0.3, 0.4) is 0 Å². The van der Waals surface area contributed by atoms with Gasteiger partial charge in [-0.05, 0) is 47.6 Å². The smallest absolute Gasteiger partial charge is 0.305 e. The highest BCUT2D eigenvalue weighted by Crippen LogP contribution is 2.21. The summed E-state index contributed by atoms with van der Waals surface area (Å²) in [6.07, 6.45) is 1.12. The number of benzene rings is 1. The monoisotopic (exact) mass is 375 g/mol. The Hall–Kier alpha value is -1.11. The topological polar surface area (TPSA) is 66.4 Å². The molecule has 1 rings (SSSR count). The molecule has 2 N–H and O–H groups in total. The lowest BCUT2D eigenvalue weighted by Gasteiger charge is -2.31. The van der Waals surface area contributed by atoms with E-state index in [0.29, 0.717) is 18.4 Å². The lowest BCUT2D eigenvalue weighted by Crippen LogP contribution is -2.49. The van der Waals surface area contributed by atoms with E-state index in [2.05, 4.69) is 27.9 Å². The molecule has 0 heterocycles. The number of carboxylic acid groups (broad SMARTS) is 1. The number of carbonyl (C=O) groups is 2. The number of rotatable bonds is 6. The van der Waals surface area contributed by atoms with Crippen molar-refractivity contribution in [3.63, 3.8) is 0 Å². The molecule has 0 aliphatic rings. The number of hydrogen-bond donors (Lipinski definition) is 2. The van der Waals surface area contributed by atoms with Crippen molar-refractivity contribution in [3.8, 4) is 0 Å². The first-order valence-corrected chi connectivity index (χ1v) is 7.31. The first kappa shape index (κ1) is 15.9. The molecule has 4 nitrogen and oxygen atoms in total. The summed E-state index contributed by atoms with van der Waals surface area (Å²) in [5.41, 5.74) is -0.0956. The second-order valence-corrected chi connectivity index (χ2v) is 5.65. The molecule has 19 heavy (non-hydrogen) atoms. The SMILES string of the molecule is CCC(CC)(CC(=O)O)NC(=O)c1ccccc1I. The molecule has 0 aliphatic carbocycles. The van der Waals surface area contributed by atoms with Gasteiger partial charge in [0.2, 0.25) is 0 Å². The minimum absolute atomic E-state index is 0.0604. The normalized spacial score (nSPS) is 11.1. The van der Waals surface area contributed by atoms with Crippen molar-refractivity contribution in [2.75, 3.05) is 0 Å². The maximum atomic E-state index is 12.3. The van der Waals surface area contributed by atoms with Crippen molar-refractivity contribution < 1.29 is 14.7 Å². The van der Waals surface area contributed by atoms with Crippen molar-refractivity contribution in [3.05, 3.63) is 33.4 Å². The first-order chi connectivity index (χ1) is 8.94. The van der Waals surface area contributed by atoms with Crippen LogP contribution in [0.2, 0.25) is 0 Å². The molecular formula is C14H18INO3. The van der Waals surface area contributed by atoms with E-state index in [0.717, 1.165) is 3.57 Å². The summed E-state index contributed by atoms with van der Waals surface area (Å²) in [5.74, 6) is -1.11. The summed E-state index contributed by atoms with van der Waals surface area (Å²) in [5, 5.41) is 11.9. The molecule has 0 saturated heterocycles. The Morgan fingerprint density at radius 3 is 2.32 bits per heavy atom. The molecule has 0 aliphatic heterocycles. The number of halogens is 1. The van der Waals surface area contributed by atoms with Crippen LogP contribution in [-0.4, -0.2) is 22.5 Å². The van der Waals surface area contributed by atoms with Gasteiger partial charge < -0.3 is 10.4 Å². The van der Waals surface area contributed by atoms with Gasteiger partial charge in [-0.25, -0.2) is 0 Å². The molecule has 1 aromatic rings. The van der Waals surface area contributed by atoms with Crippen LogP contribution in [0.25, 0.3) is 0 Å². The van der Waals surface area contributed by atoms with E-state index in [-0.39, 0.29) is 12.3 Å². The molecule has 0 saturated carbocycles. The van der Waals surface area contributed by atoms with Gasteiger partial charge in [-0.15, -0.1) is 0 Å². The molecule has 5 heteroatoms. The number of amides is 1. The highest BCUT2D eigenvalue weighted by atomic mass is 127. The highest BCUT2D eigenvalue weighted by Gasteiger charge is 2.31. The third kappa shape index (κ3) is 4.19. The molecule has 0 spiro atoms. The van der Waals surface area contributed by atoms with Crippen molar-refractivity contribution in [1.29, 1.82) is 0 Å². The Kier molecular flexibility index (Phi) is 5.78. The molecule has 0 bridgehead atoms. The number of carbonyl (C=O) groups excluding carboxylic acids is 1. The largest absolute Gasteiger partial charge is 0.481 e. The van der Waals surface area contributed by atoms with E-state index in [9.17, 15) is 9.59 Å². The van der Waals surface area contributed by atoms with Gasteiger partial charge in [0.1, 0.15) is 0 Å². The van der Waals surface area contributed by atoms with Crippen LogP contribution in [0.5, 0.6) is 0 Å². The number of nitrogens with one attached hydrogen (secondary N) is 1. The van der Waals surface area contributed by atoms with Gasteiger partial charge in [0, 0.05) is 3.57 Å². The van der Waals surface area contributed by atoms with Crippen LogP contribution < -0.4 is 5.32 Å². The van der Waals surface area contributed by atoms with Gasteiger partial charge in [0.15, 0.2) is 0 Å². The Balaban J connectivity index is 2.94. The molecule has 0 aromatic heterocycles. The summed E-state index contributed by atoms with van der Waals surface area (Å²) in [4.78, 5) is 23.2. The van der Waals surface area contributed by atoms with E-state index in [1.54, 1.807) is 12.1 Å². The average molecular weight is 375 g/mol. The second kappa shape index (κ2) is 6.88. The van der Waals surface area contributed by atoms with Gasteiger partial charge >= 0.3 is 5.97 Å². The molecule has 0 atom stereocenters. The van der Waals surface area contributed by atoms with Crippen LogP contribution in [0.15, 0.2) is 24.3 Å². The summed E-state index contributed by atoms with van der Waals surface area (Å²) in [7, 11) is 0. The van der Waals surface area contributed by atoms with Crippen molar-refractivity contribution in [2.24, 2.45) is 0 Å². The third-order valence-electron chi connectivity index (χ3n) is 3.34. The zero-order valence-corrected chi connectivity index (χ0v) is 13.2. The van der Waals surface area contributed by atoms with Crippen LogP contribution in [0.4, 0.5) is 0 Å². The molecule has 1 aromatic carbocycles. The third-order valence-corrected chi connectivity index (χ3v) is 4.28. The van der Waals surface area contributed by atoms with Gasteiger partial charge in [-0.1, -0.05) is 26.0 Å². The summed E-state index contributed by atoms with van der Waals surface area (Å²) in [6.45, 7) is 3.78. The zero-order chi connectivity index (χ0) is 14.5. The minimum Gasteiger partial charge on any atom is -0.481 e. The standard InChI is InChI=1S/C14H18INO3/c1-3-14(4-2,9-12(17)18)16-13(19)10-7-5-6-8-11(10)15/h5-8H,3-4,9H2,1-2H3,(H,16,19)(H,17,18). The van der Waals surface area contributed by atoms with Crippen molar-refractivity contribution in [1.82, 2.24) is 5.32 Å². The Morgan fingerprint density at radius 1 is 1.26 bits per heavy atom. The molecular weight excluding hydrogens is 357 g/mol. The molecule has 1 amide bonds.